The molecule has 0 aliphatic heterocycles. The Kier molecular flexibility index (Phi) is 4.08. The number of benzene rings is 1. The summed E-state index contributed by atoms with van der Waals surface area (Å²) in [7, 11) is 0. The van der Waals surface area contributed by atoms with E-state index in [1.54, 1.807) is 11.3 Å². The van der Waals surface area contributed by atoms with E-state index in [1.165, 1.54) is 5.56 Å². The molecule has 0 saturated heterocycles. The quantitative estimate of drug-likeness (QED) is 0.748. The van der Waals surface area contributed by atoms with Crippen molar-refractivity contribution in [2.45, 2.75) is 26.4 Å². The summed E-state index contributed by atoms with van der Waals surface area (Å²) in [5.74, 6) is 1.46. The zero-order valence-corrected chi connectivity index (χ0v) is 11.5. The first-order chi connectivity index (χ1) is 8.15. The van der Waals surface area contributed by atoms with Crippen molar-refractivity contribution >= 4 is 22.9 Å². The second-order valence-corrected chi connectivity index (χ2v) is 6.02. The van der Waals surface area contributed by atoms with E-state index in [-0.39, 0.29) is 0 Å². The van der Waals surface area contributed by atoms with Crippen LogP contribution in [0.3, 0.4) is 0 Å². The zero-order chi connectivity index (χ0) is 12.3. The summed E-state index contributed by atoms with van der Waals surface area (Å²) in [6, 6.07) is 12.2. The zero-order valence-electron chi connectivity index (χ0n) is 9.94. The minimum Gasteiger partial charge on any atom is -0.488 e. The van der Waals surface area contributed by atoms with E-state index in [1.807, 2.05) is 24.3 Å². The van der Waals surface area contributed by atoms with Crippen LogP contribution in [-0.4, -0.2) is 0 Å². The average molecular weight is 267 g/mol. The van der Waals surface area contributed by atoms with Gasteiger partial charge in [-0.25, -0.2) is 0 Å². The summed E-state index contributed by atoms with van der Waals surface area (Å²) in [5, 5.41) is 0. The van der Waals surface area contributed by atoms with E-state index in [9.17, 15) is 0 Å². The maximum atomic E-state index is 5.86. The summed E-state index contributed by atoms with van der Waals surface area (Å²) in [5.41, 5.74) is 1.33. The van der Waals surface area contributed by atoms with Gasteiger partial charge < -0.3 is 4.74 Å². The molecule has 0 fully saturated rings. The molecule has 0 aliphatic carbocycles. The van der Waals surface area contributed by atoms with Gasteiger partial charge in [0, 0.05) is 4.88 Å². The standard InChI is InChI=1S/C14H15ClOS/c1-10(2)11-3-5-12(6-4-11)16-9-13-7-8-14(15)17-13/h3-8,10H,9H2,1-2H3. The summed E-state index contributed by atoms with van der Waals surface area (Å²) in [6.45, 7) is 4.95. The normalized spacial score (nSPS) is 10.8. The molecule has 0 N–H and O–H groups in total. The molecular weight excluding hydrogens is 252 g/mol. The monoisotopic (exact) mass is 266 g/mol. The molecule has 0 atom stereocenters. The van der Waals surface area contributed by atoms with Gasteiger partial charge in [0.25, 0.3) is 0 Å². The molecule has 1 heterocycles. The fraction of sp³-hybridized carbons (Fsp3) is 0.286. The molecule has 0 amide bonds. The van der Waals surface area contributed by atoms with Crippen LogP contribution in [0.2, 0.25) is 4.34 Å². The Hall–Kier alpha value is -0.990. The molecular formula is C14H15ClOS. The highest BCUT2D eigenvalue weighted by Crippen LogP contribution is 2.24. The van der Waals surface area contributed by atoms with Crippen LogP contribution >= 0.6 is 22.9 Å². The topological polar surface area (TPSA) is 9.23 Å². The lowest BCUT2D eigenvalue weighted by atomic mass is 10.0. The highest BCUT2D eigenvalue weighted by atomic mass is 35.5. The summed E-state index contributed by atoms with van der Waals surface area (Å²) < 4.78 is 6.50. The third kappa shape index (κ3) is 3.48. The van der Waals surface area contributed by atoms with Crippen LogP contribution in [-0.2, 0) is 6.61 Å². The Labute approximate surface area is 111 Å². The van der Waals surface area contributed by atoms with Crippen LogP contribution < -0.4 is 4.74 Å². The Morgan fingerprint density at radius 3 is 2.35 bits per heavy atom. The second kappa shape index (κ2) is 5.56. The molecule has 1 aromatic heterocycles. The third-order valence-corrected chi connectivity index (χ3v) is 3.76. The Bertz CT molecular complexity index is 473. The average Bonchev–Trinajstić information content (AvgIpc) is 2.73. The van der Waals surface area contributed by atoms with Gasteiger partial charge >= 0.3 is 0 Å². The van der Waals surface area contributed by atoms with E-state index in [2.05, 4.69) is 26.0 Å². The summed E-state index contributed by atoms with van der Waals surface area (Å²) in [6.07, 6.45) is 0. The lowest BCUT2D eigenvalue weighted by Crippen LogP contribution is -1.93. The first-order valence-corrected chi connectivity index (χ1v) is 6.81. The number of halogens is 1. The van der Waals surface area contributed by atoms with Gasteiger partial charge in [-0.2, -0.15) is 0 Å². The lowest BCUT2D eigenvalue weighted by molar-refractivity contribution is 0.309. The molecule has 2 aromatic rings. The smallest absolute Gasteiger partial charge is 0.122 e. The molecule has 1 aromatic carbocycles. The fourth-order valence-electron chi connectivity index (χ4n) is 1.53. The van der Waals surface area contributed by atoms with Gasteiger partial charge in [0.15, 0.2) is 0 Å². The van der Waals surface area contributed by atoms with Crippen LogP contribution in [0.25, 0.3) is 0 Å². The minimum atomic E-state index is 0.556. The maximum Gasteiger partial charge on any atom is 0.122 e. The highest BCUT2D eigenvalue weighted by Gasteiger charge is 2.01. The van der Waals surface area contributed by atoms with Gasteiger partial charge in [-0.3, -0.25) is 0 Å². The van der Waals surface area contributed by atoms with Crippen LogP contribution in [0.1, 0.15) is 30.2 Å². The SMILES string of the molecule is CC(C)c1ccc(OCc2ccc(Cl)s2)cc1. The van der Waals surface area contributed by atoms with Crippen molar-refractivity contribution in [2.24, 2.45) is 0 Å². The molecule has 0 saturated carbocycles. The number of ether oxygens (including phenoxy) is 1. The molecule has 0 aliphatic rings. The number of hydrogen-bond donors (Lipinski definition) is 0. The number of thiophene rings is 1. The Morgan fingerprint density at radius 2 is 1.82 bits per heavy atom. The van der Waals surface area contributed by atoms with Crippen LogP contribution in [0.5, 0.6) is 5.75 Å². The van der Waals surface area contributed by atoms with Crippen molar-refractivity contribution in [3.63, 3.8) is 0 Å². The van der Waals surface area contributed by atoms with E-state index in [0.29, 0.717) is 12.5 Å². The second-order valence-electron chi connectivity index (χ2n) is 4.22. The maximum absolute atomic E-state index is 5.86. The number of hydrogen-bond acceptors (Lipinski definition) is 2. The predicted molar refractivity (Wildman–Crippen MR) is 74.2 cm³/mol. The Morgan fingerprint density at radius 1 is 1.12 bits per heavy atom. The van der Waals surface area contributed by atoms with Gasteiger partial charge in [-0.1, -0.05) is 37.6 Å². The van der Waals surface area contributed by atoms with Crippen molar-refractivity contribution in [2.75, 3.05) is 0 Å². The van der Waals surface area contributed by atoms with Crippen LogP contribution in [0.4, 0.5) is 0 Å². The Balaban J connectivity index is 1.95. The van der Waals surface area contributed by atoms with Gasteiger partial charge in [0.1, 0.15) is 12.4 Å². The minimum absolute atomic E-state index is 0.556. The molecule has 0 radical (unpaired) electrons. The third-order valence-electron chi connectivity index (χ3n) is 2.56. The summed E-state index contributed by atoms with van der Waals surface area (Å²) in [4.78, 5) is 1.14. The molecule has 1 nitrogen and oxygen atoms in total. The first-order valence-electron chi connectivity index (χ1n) is 5.62. The summed E-state index contributed by atoms with van der Waals surface area (Å²) >= 11 is 7.42. The van der Waals surface area contributed by atoms with Gasteiger partial charge in [0.2, 0.25) is 0 Å². The van der Waals surface area contributed by atoms with Crippen LogP contribution in [0, 0.1) is 0 Å². The van der Waals surface area contributed by atoms with Gasteiger partial charge in [-0.15, -0.1) is 11.3 Å². The van der Waals surface area contributed by atoms with Gasteiger partial charge in [0.05, 0.1) is 4.34 Å². The van der Waals surface area contributed by atoms with E-state index >= 15 is 0 Å². The number of rotatable bonds is 4. The van der Waals surface area contributed by atoms with Crippen molar-refractivity contribution < 1.29 is 4.74 Å². The van der Waals surface area contributed by atoms with Crippen molar-refractivity contribution in [3.05, 3.63) is 51.2 Å². The largest absolute Gasteiger partial charge is 0.488 e. The van der Waals surface area contributed by atoms with Crippen molar-refractivity contribution in [1.29, 1.82) is 0 Å². The molecule has 3 heteroatoms. The predicted octanol–water partition coefficient (Wildman–Crippen LogP) is 5.10. The molecule has 0 spiro atoms. The van der Waals surface area contributed by atoms with Crippen molar-refractivity contribution in [3.8, 4) is 5.75 Å². The molecule has 0 unspecified atom stereocenters. The molecule has 2 rings (SSSR count). The van der Waals surface area contributed by atoms with E-state index < -0.39 is 0 Å². The lowest BCUT2D eigenvalue weighted by Gasteiger charge is -2.08. The molecule has 90 valence electrons. The van der Waals surface area contributed by atoms with Gasteiger partial charge in [-0.05, 0) is 35.7 Å². The van der Waals surface area contributed by atoms with E-state index in [4.69, 9.17) is 16.3 Å². The fourth-order valence-corrected chi connectivity index (χ4v) is 2.53. The van der Waals surface area contributed by atoms with Crippen molar-refractivity contribution in [1.82, 2.24) is 0 Å². The highest BCUT2D eigenvalue weighted by molar-refractivity contribution is 7.16. The molecule has 17 heavy (non-hydrogen) atoms. The first kappa shape index (κ1) is 12.5. The van der Waals surface area contributed by atoms with E-state index in [0.717, 1.165) is 15.0 Å². The van der Waals surface area contributed by atoms with Crippen LogP contribution in [0.15, 0.2) is 36.4 Å². The molecule has 0 bridgehead atoms.